The van der Waals surface area contributed by atoms with Gasteiger partial charge in [0.1, 0.15) is 23.6 Å². The molecule has 2 amide bonds. The molecule has 2 aliphatic rings. The van der Waals surface area contributed by atoms with Gasteiger partial charge in [0.15, 0.2) is 11.6 Å². The number of hydrogen-bond acceptors (Lipinski definition) is 4. The number of ether oxygens (including phenoxy) is 1. The van der Waals surface area contributed by atoms with Crippen molar-refractivity contribution in [3.63, 3.8) is 0 Å². The summed E-state index contributed by atoms with van der Waals surface area (Å²) in [7, 11) is 0. The van der Waals surface area contributed by atoms with Crippen molar-refractivity contribution in [1.29, 1.82) is 0 Å². The Kier molecular flexibility index (Phi) is 5.51. The van der Waals surface area contributed by atoms with Crippen molar-refractivity contribution in [3.8, 4) is 11.6 Å². The van der Waals surface area contributed by atoms with Gasteiger partial charge in [0.2, 0.25) is 0 Å². The number of carbonyl (C=O) groups excluding carboxylic acids is 1. The summed E-state index contributed by atoms with van der Waals surface area (Å²) < 4.78 is 49.4. The first kappa shape index (κ1) is 22.0. The van der Waals surface area contributed by atoms with Crippen molar-refractivity contribution >= 4 is 12.2 Å². The second-order valence-corrected chi connectivity index (χ2v) is 8.45. The molecule has 10 heteroatoms. The molecular weight excluding hydrogens is 447 g/mol. The molecule has 4 heterocycles. The summed E-state index contributed by atoms with van der Waals surface area (Å²) in [6.07, 6.45) is 2.61. The Bertz CT molecular complexity index is 1250. The fraction of sp³-hybridized carbons (Fsp3) is 0.292. The third-order valence-corrected chi connectivity index (χ3v) is 6.01. The SMILES string of the molecule is Cc1ccc(C)n1-c1cc(OC2CN(C(=O)N3N=CCC3c3cc(F)cc(F)c3)C2)c(F)cn1. The van der Waals surface area contributed by atoms with Gasteiger partial charge in [-0.25, -0.2) is 28.0 Å². The van der Waals surface area contributed by atoms with Crippen LogP contribution in [0, 0.1) is 31.3 Å². The highest BCUT2D eigenvalue weighted by molar-refractivity contribution is 5.79. The lowest BCUT2D eigenvalue weighted by molar-refractivity contribution is 0.0256. The Balaban J connectivity index is 1.25. The summed E-state index contributed by atoms with van der Waals surface area (Å²) in [5, 5.41) is 5.31. The number of carbonyl (C=O) groups is 1. The van der Waals surface area contributed by atoms with Gasteiger partial charge in [-0.15, -0.1) is 0 Å². The van der Waals surface area contributed by atoms with E-state index in [1.165, 1.54) is 28.3 Å². The average molecular weight is 469 g/mol. The topological polar surface area (TPSA) is 63.0 Å². The highest BCUT2D eigenvalue weighted by Crippen LogP contribution is 2.32. The maximum Gasteiger partial charge on any atom is 0.341 e. The molecule has 3 aromatic rings. The molecule has 7 nitrogen and oxygen atoms in total. The number of amides is 2. The molecule has 2 aliphatic heterocycles. The Morgan fingerprint density at radius 1 is 1.03 bits per heavy atom. The Labute approximate surface area is 194 Å². The van der Waals surface area contributed by atoms with Crippen LogP contribution in [0.2, 0.25) is 0 Å². The maximum absolute atomic E-state index is 14.4. The Morgan fingerprint density at radius 2 is 1.71 bits per heavy atom. The fourth-order valence-corrected chi connectivity index (χ4v) is 4.29. The minimum Gasteiger partial charge on any atom is -0.483 e. The molecule has 1 aromatic carbocycles. The molecule has 1 fully saturated rings. The second kappa shape index (κ2) is 8.51. The first-order chi connectivity index (χ1) is 16.3. The molecule has 1 saturated heterocycles. The fourth-order valence-electron chi connectivity index (χ4n) is 4.29. The first-order valence-corrected chi connectivity index (χ1v) is 10.8. The Morgan fingerprint density at radius 3 is 2.38 bits per heavy atom. The molecular formula is C24H22F3N5O2. The molecule has 0 radical (unpaired) electrons. The van der Waals surface area contributed by atoms with E-state index >= 15 is 0 Å². The van der Waals surface area contributed by atoms with E-state index in [-0.39, 0.29) is 18.8 Å². The normalized spacial score (nSPS) is 17.9. The zero-order chi connectivity index (χ0) is 24.0. The monoisotopic (exact) mass is 469 g/mol. The molecule has 1 atom stereocenters. The summed E-state index contributed by atoms with van der Waals surface area (Å²) >= 11 is 0. The number of likely N-dealkylation sites (tertiary alicyclic amines) is 1. The van der Waals surface area contributed by atoms with E-state index in [1.807, 2.05) is 30.5 Å². The molecule has 2 aromatic heterocycles. The van der Waals surface area contributed by atoms with E-state index in [0.29, 0.717) is 17.8 Å². The van der Waals surface area contributed by atoms with Crippen LogP contribution in [-0.2, 0) is 0 Å². The highest BCUT2D eigenvalue weighted by atomic mass is 19.1. The van der Waals surface area contributed by atoms with Gasteiger partial charge in [0.25, 0.3) is 0 Å². The van der Waals surface area contributed by atoms with Gasteiger partial charge >= 0.3 is 6.03 Å². The number of rotatable bonds is 4. The average Bonchev–Trinajstić information content (AvgIpc) is 3.37. The number of aromatic nitrogens is 2. The standard InChI is InChI=1S/C24H22F3N5O2/c1-14-3-4-15(2)31(14)23-10-22(20(27)11-28-23)34-19-12-30(13-19)24(33)32-21(5-6-29-32)16-7-17(25)9-18(26)8-16/h3-4,6-11,19,21H,5,12-13H2,1-2H3. The summed E-state index contributed by atoms with van der Waals surface area (Å²) in [5.41, 5.74) is 2.25. The van der Waals surface area contributed by atoms with Crippen LogP contribution in [0.1, 0.15) is 29.4 Å². The van der Waals surface area contributed by atoms with Crippen LogP contribution in [0.4, 0.5) is 18.0 Å². The molecule has 0 bridgehead atoms. The van der Waals surface area contributed by atoms with Gasteiger partial charge in [-0.1, -0.05) is 0 Å². The third-order valence-electron chi connectivity index (χ3n) is 6.01. The summed E-state index contributed by atoms with van der Waals surface area (Å²) in [6.45, 7) is 4.32. The third kappa shape index (κ3) is 4.00. The number of hydrogen-bond donors (Lipinski definition) is 0. The summed E-state index contributed by atoms with van der Waals surface area (Å²) in [4.78, 5) is 18.6. The number of pyridine rings is 1. The number of benzene rings is 1. The summed E-state index contributed by atoms with van der Waals surface area (Å²) in [6, 6.07) is 7.62. The van der Waals surface area contributed by atoms with Gasteiger partial charge in [-0.05, 0) is 43.7 Å². The van der Waals surface area contributed by atoms with E-state index in [0.717, 1.165) is 23.7 Å². The molecule has 0 saturated carbocycles. The second-order valence-electron chi connectivity index (χ2n) is 8.45. The van der Waals surface area contributed by atoms with Crippen LogP contribution in [-0.4, -0.2) is 50.9 Å². The van der Waals surface area contributed by atoms with Crippen molar-refractivity contribution in [2.45, 2.75) is 32.4 Å². The van der Waals surface area contributed by atoms with Gasteiger partial charge in [-0.2, -0.15) is 5.10 Å². The quantitative estimate of drug-likeness (QED) is 0.565. The first-order valence-electron chi connectivity index (χ1n) is 10.8. The molecule has 5 rings (SSSR count). The molecule has 34 heavy (non-hydrogen) atoms. The minimum absolute atomic E-state index is 0.0573. The van der Waals surface area contributed by atoms with Gasteiger partial charge in [0.05, 0.1) is 25.3 Å². The minimum atomic E-state index is -0.712. The molecule has 0 aliphatic carbocycles. The van der Waals surface area contributed by atoms with E-state index < -0.39 is 35.6 Å². The summed E-state index contributed by atoms with van der Waals surface area (Å²) in [5.74, 6) is -1.41. The largest absolute Gasteiger partial charge is 0.483 e. The lowest BCUT2D eigenvalue weighted by Crippen LogP contribution is -2.58. The number of halogens is 3. The van der Waals surface area contributed by atoms with Gasteiger partial charge < -0.3 is 14.2 Å². The van der Waals surface area contributed by atoms with Crippen LogP contribution in [0.25, 0.3) is 5.82 Å². The van der Waals surface area contributed by atoms with Crippen molar-refractivity contribution in [2.75, 3.05) is 13.1 Å². The maximum atomic E-state index is 14.4. The molecule has 0 N–H and O–H groups in total. The number of hydrazone groups is 1. The van der Waals surface area contributed by atoms with E-state index in [1.54, 1.807) is 6.07 Å². The number of aryl methyl sites for hydroxylation is 2. The molecule has 176 valence electrons. The Hall–Kier alpha value is -3.82. The lowest BCUT2D eigenvalue weighted by Gasteiger charge is -2.41. The van der Waals surface area contributed by atoms with E-state index in [4.69, 9.17) is 4.74 Å². The van der Waals surface area contributed by atoms with Crippen LogP contribution in [0.3, 0.4) is 0 Å². The van der Waals surface area contributed by atoms with Gasteiger partial charge in [-0.3, -0.25) is 0 Å². The van der Waals surface area contributed by atoms with E-state index in [9.17, 15) is 18.0 Å². The van der Waals surface area contributed by atoms with Crippen LogP contribution >= 0.6 is 0 Å². The van der Waals surface area contributed by atoms with Crippen LogP contribution < -0.4 is 4.74 Å². The van der Waals surface area contributed by atoms with Crippen molar-refractivity contribution < 1.29 is 22.7 Å². The van der Waals surface area contributed by atoms with Crippen LogP contribution in [0.5, 0.6) is 5.75 Å². The molecule has 1 unspecified atom stereocenters. The van der Waals surface area contributed by atoms with Crippen molar-refractivity contribution in [3.05, 3.63) is 77.0 Å². The van der Waals surface area contributed by atoms with Crippen LogP contribution in [0.15, 0.2) is 47.7 Å². The zero-order valence-electron chi connectivity index (χ0n) is 18.6. The van der Waals surface area contributed by atoms with E-state index in [2.05, 4.69) is 10.1 Å². The van der Waals surface area contributed by atoms with Crippen molar-refractivity contribution in [1.82, 2.24) is 19.5 Å². The van der Waals surface area contributed by atoms with Gasteiger partial charge in [0, 0.05) is 36.2 Å². The predicted octanol–water partition coefficient (Wildman–Crippen LogP) is 4.52. The number of urea groups is 1. The predicted molar refractivity (Wildman–Crippen MR) is 118 cm³/mol. The zero-order valence-corrected chi connectivity index (χ0v) is 18.6. The smallest absolute Gasteiger partial charge is 0.341 e. The molecule has 0 spiro atoms. The number of nitrogens with zero attached hydrogens (tertiary/aromatic N) is 5. The lowest BCUT2D eigenvalue weighted by atomic mass is 10.0. The highest BCUT2D eigenvalue weighted by Gasteiger charge is 2.39. The van der Waals surface area contributed by atoms with Crippen molar-refractivity contribution in [2.24, 2.45) is 5.10 Å².